The molecule has 0 amide bonds. The van der Waals surface area contributed by atoms with Gasteiger partial charge in [0, 0.05) is 29.5 Å². The fourth-order valence-electron chi connectivity index (χ4n) is 2.72. The molecule has 0 aliphatic rings. The number of carboxylic acids is 1. The van der Waals surface area contributed by atoms with E-state index in [1.165, 1.54) is 6.92 Å². The number of aromatic nitrogens is 7. The summed E-state index contributed by atoms with van der Waals surface area (Å²) in [7, 11) is 0. The lowest BCUT2D eigenvalue weighted by Gasteiger charge is -2.04. The van der Waals surface area contributed by atoms with Crippen molar-refractivity contribution in [1.82, 2.24) is 34.7 Å². The Kier molecular flexibility index (Phi) is 5.05. The number of nitrogens with zero attached hydrogens (tertiary/aromatic N) is 7. The van der Waals surface area contributed by atoms with Gasteiger partial charge >= 0.3 is 5.97 Å². The highest BCUT2D eigenvalue weighted by Gasteiger charge is 2.18. The second-order valence-corrected chi connectivity index (χ2v) is 6.81. The van der Waals surface area contributed by atoms with E-state index in [1.807, 2.05) is 35.0 Å². The summed E-state index contributed by atoms with van der Waals surface area (Å²) < 4.78 is 1.92. The zero-order valence-corrected chi connectivity index (χ0v) is 16.1. The molecule has 3 aromatic heterocycles. The largest absolute Gasteiger partial charge is 0.480 e. The molecular formula is C19H16ClN7O2. The zero-order chi connectivity index (χ0) is 20.4. The smallest absolute Gasteiger partial charge is 0.330 e. The molecule has 146 valence electrons. The Morgan fingerprint density at radius 1 is 1.21 bits per heavy atom. The molecule has 29 heavy (non-hydrogen) atoms. The molecule has 0 saturated heterocycles. The van der Waals surface area contributed by atoms with E-state index in [-0.39, 0.29) is 0 Å². The number of imidazole rings is 1. The van der Waals surface area contributed by atoms with E-state index in [4.69, 9.17) is 16.7 Å². The topological polar surface area (TPSA) is 112 Å². The molecule has 0 radical (unpaired) electrons. The van der Waals surface area contributed by atoms with Gasteiger partial charge in [-0.3, -0.25) is 4.98 Å². The molecule has 0 spiro atoms. The van der Waals surface area contributed by atoms with Crippen LogP contribution in [0.5, 0.6) is 0 Å². The van der Waals surface area contributed by atoms with E-state index < -0.39 is 12.0 Å². The molecule has 0 fully saturated rings. The van der Waals surface area contributed by atoms with Gasteiger partial charge in [0.1, 0.15) is 5.69 Å². The van der Waals surface area contributed by atoms with E-state index in [2.05, 4.69) is 25.4 Å². The van der Waals surface area contributed by atoms with Crippen molar-refractivity contribution in [3.63, 3.8) is 0 Å². The van der Waals surface area contributed by atoms with Crippen molar-refractivity contribution in [2.24, 2.45) is 0 Å². The second-order valence-electron chi connectivity index (χ2n) is 6.40. The van der Waals surface area contributed by atoms with Crippen LogP contribution in [0.25, 0.3) is 22.8 Å². The molecule has 10 heteroatoms. The number of tetrazole rings is 1. The Bertz CT molecular complexity index is 1170. The van der Waals surface area contributed by atoms with Crippen LogP contribution in [0, 0.1) is 0 Å². The minimum Gasteiger partial charge on any atom is -0.480 e. The van der Waals surface area contributed by atoms with E-state index in [1.54, 1.807) is 24.7 Å². The van der Waals surface area contributed by atoms with Crippen LogP contribution in [0.1, 0.15) is 18.5 Å². The summed E-state index contributed by atoms with van der Waals surface area (Å²) in [6, 6.07) is 10.3. The summed E-state index contributed by atoms with van der Waals surface area (Å²) in [4.78, 5) is 20.9. The van der Waals surface area contributed by atoms with Gasteiger partial charge in [-0.05, 0) is 35.9 Å². The molecular weight excluding hydrogens is 394 g/mol. The van der Waals surface area contributed by atoms with Gasteiger partial charge in [0.15, 0.2) is 6.04 Å². The third-order valence-corrected chi connectivity index (χ3v) is 4.73. The van der Waals surface area contributed by atoms with E-state index in [0.29, 0.717) is 34.3 Å². The molecule has 1 atom stereocenters. The lowest BCUT2D eigenvalue weighted by Crippen LogP contribution is -2.18. The summed E-state index contributed by atoms with van der Waals surface area (Å²) >= 11 is 6.23. The quantitative estimate of drug-likeness (QED) is 0.521. The first-order chi connectivity index (χ1) is 14.0. The van der Waals surface area contributed by atoms with Crippen molar-refractivity contribution in [2.45, 2.75) is 19.5 Å². The Hall–Kier alpha value is -3.59. The zero-order valence-electron chi connectivity index (χ0n) is 15.3. The predicted molar refractivity (Wildman–Crippen MR) is 105 cm³/mol. The van der Waals surface area contributed by atoms with Crippen LogP contribution in [-0.4, -0.2) is 45.8 Å². The SMILES string of the molecule is CC(C(=O)O)n1nnc(-c2ccnc(-c3cn(Cc4ccccc4Cl)cn3)c2)n1. The van der Waals surface area contributed by atoms with Crippen LogP contribution < -0.4 is 0 Å². The number of aliphatic carboxylic acids is 1. The fourth-order valence-corrected chi connectivity index (χ4v) is 2.91. The number of hydrogen-bond acceptors (Lipinski definition) is 6. The first-order valence-electron chi connectivity index (χ1n) is 8.75. The average Bonchev–Trinajstić information content (AvgIpc) is 3.39. The molecule has 0 aliphatic heterocycles. The third-order valence-electron chi connectivity index (χ3n) is 4.36. The van der Waals surface area contributed by atoms with Gasteiger partial charge in [-0.15, -0.1) is 15.0 Å². The van der Waals surface area contributed by atoms with Crippen molar-refractivity contribution in [3.05, 3.63) is 65.7 Å². The van der Waals surface area contributed by atoms with Crippen molar-refractivity contribution < 1.29 is 9.90 Å². The lowest BCUT2D eigenvalue weighted by atomic mass is 10.2. The summed E-state index contributed by atoms with van der Waals surface area (Å²) in [6.45, 7) is 2.08. The molecule has 3 heterocycles. The Balaban J connectivity index is 1.58. The standard InChI is InChI=1S/C19H16ClN7O2/c1-12(19(28)29)27-24-18(23-25-27)13-6-7-21-16(8-13)17-10-26(11-22-17)9-14-4-2-3-5-15(14)20/h2-8,10-12H,9H2,1H3,(H,28,29). The number of pyridine rings is 1. The van der Waals surface area contributed by atoms with Gasteiger partial charge in [0.2, 0.25) is 5.82 Å². The molecule has 1 aromatic carbocycles. The molecule has 0 saturated carbocycles. The van der Waals surface area contributed by atoms with Gasteiger partial charge in [-0.2, -0.15) is 0 Å². The van der Waals surface area contributed by atoms with Crippen LogP contribution >= 0.6 is 11.6 Å². The van der Waals surface area contributed by atoms with Crippen LogP contribution in [0.4, 0.5) is 0 Å². The highest BCUT2D eigenvalue weighted by Crippen LogP contribution is 2.22. The normalized spacial score (nSPS) is 12.1. The minimum absolute atomic E-state index is 0.317. The van der Waals surface area contributed by atoms with Gasteiger partial charge in [-0.25, -0.2) is 9.78 Å². The van der Waals surface area contributed by atoms with Crippen LogP contribution in [-0.2, 0) is 11.3 Å². The number of carboxylic acid groups (broad SMARTS) is 1. The molecule has 1 N–H and O–H groups in total. The van der Waals surface area contributed by atoms with Crippen molar-refractivity contribution in [3.8, 4) is 22.8 Å². The number of halogens is 1. The van der Waals surface area contributed by atoms with E-state index in [0.717, 1.165) is 10.4 Å². The highest BCUT2D eigenvalue weighted by molar-refractivity contribution is 6.31. The monoisotopic (exact) mass is 409 g/mol. The second kappa shape index (κ2) is 7.80. The van der Waals surface area contributed by atoms with E-state index >= 15 is 0 Å². The number of rotatable bonds is 6. The molecule has 0 aliphatic carbocycles. The maximum Gasteiger partial charge on any atom is 0.330 e. The highest BCUT2D eigenvalue weighted by atomic mass is 35.5. The van der Waals surface area contributed by atoms with Gasteiger partial charge in [0.25, 0.3) is 0 Å². The Labute approximate surface area is 170 Å². The maximum absolute atomic E-state index is 11.1. The van der Waals surface area contributed by atoms with Gasteiger partial charge < -0.3 is 9.67 Å². The van der Waals surface area contributed by atoms with Crippen molar-refractivity contribution in [1.29, 1.82) is 0 Å². The molecule has 1 unspecified atom stereocenters. The fraction of sp³-hybridized carbons (Fsp3) is 0.158. The van der Waals surface area contributed by atoms with Crippen LogP contribution in [0.3, 0.4) is 0 Å². The summed E-state index contributed by atoms with van der Waals surface area (Å²) in [5.41, 5.74) is 2.99. The van der Waals surface area contributed by atoms with Crippen LogP contribution in [0.2, 0.25) is 5.02 Å². The third kappa shape index (κ3) is 3.99. The van der Waals surface area contributed by atoms with Crippen molar-refractivity contribution in [2.75, 3.05) is 0 Å². The first-order valence-corrected chi connectivity index (χ1v) is 9.13. The molecule has 4 rings (SSSR count). The maximum atomic E-state index is 11.1. The van der Waals surface area contributed by atoms with E-state index in [9.17, 15) is 4.79 Å². The van der Waals surface area contributed by atoms with Gasteiger partial charge in [-0.1, -0.05) is 29.8 Å². The first kappa shape index (κ1) is 18.8. The molecule has 9 nitrogen and oxygen atoms in total. The predicted octanol–water partition coefficient (Wildman–Crippen LogP) is 2.95. The Morgan fingerprint density at radius 3 is 2.83 bits per heavy atom. The molecule has 4 aromatic rings. The number of carbonyl (C=O) groups is 1. The number of hydrogen-bond donors (Lipinski definition) is 1. The van der Waals surface area contributed by atoms with Crippen LogP contribution in [0.15, 0.2) is 55.1 Å². The summed E-state index contributed by atoms with van der Waals surface area (Å²) in [5.74, 6) is -0.717. The Morgan fingerprint density at radius 2 is 2.03 bits per heavy atom. The average molecular weight is 410 g/mol. The summed E-state index contributed by atoms with van der Waals surface area (Å²) in [5, 5.41) is 21.7. The number of benzene rings is 1. The van der Waals surface area contributed by atoms with Crippen molar-refractivity contribution >= 4 is 17.6 Å². The minimum atomic E-state index is -1.03. The van der Waals surface area contributed by atoms with Gasteiger partial charge in [0.05, 0.1) is 12.0 Å². The lowest BCUT2D eigenvalue weighted by molar-refractivity contribution is -0.141. The molecule has 0 bridgehead atoms. The summed E-state index contributed by atoms with van der Waals surface area (Å²) in [6.07, 6.45) is 5.22.